The number of carbonyl (C=O) groups excluding carboxylic acids is 3. The molecule has 0 aromatic heterocycles. The third-order valence-electron chi connectivity index (χ3n) is 4.88. The molecule has 4 heteroatoms. The van der Waals surface area contributed by atoms with Gasteiger partial charge in [0.25, 0.3) is 0 Å². The summed E-state index contributed by atoms with van der Waals surface area (Å²) in [6, 6.07) is 17.4. The SMILES string of the molecule is CC(=O)CC[C@@]1(CC=O)C(=O)N(Cc2ccccc2)c2ccccc21. The minimum absolute atomic E-state index is 0.0251. The van der Waals surface area contributed by atoms with Gasteiger partial charge in [0.1, 0.15) is 12.1 Å². The van der Waals surface area contributed by atoms with Crippen molar-refractivity contribution in [3.63, 3.8) is 0 Å². The summed E-state index contributed by atoms with van der Waals surface area (Å²) in [7, 11) is 0. The second-order valence-corrected chi connectivity index (χ2v) is 6.55. The highest BCUT2D eigenvalue weighted by molar-refractivity contribution is 6.09. The predicted molar refractivity (Wildman–Crippen MR) is 96.3 cm³/mol. The molecule has 0 bridgehead atoms. The van der Waals surface area contributed by atoms with Crippen molar-refractivity contribution in [1.82, 2.24) is 0 Å². The topological polar surface area (TPSA) is 54.5 Å². The lowest BCUT2D eigenvalue weighted by Crippen LogP contribution is -2.40. The monoisotopic (exact) mass is 335 g/mol. The second-order valence-electron chi connectivity index (χ2n) is 6.55. The van der Waals surface area contributed by atoms with Crippen LogP contribution in [0.25, 0.3) is 0 Å². The average Bonchev–Trinajstić information content (AvgIpc) is 2.84. The van der Waals surface area contributed by atoms with E-state index in [1.165, 1.54) is 6.92 Å². The van der Waals surface area contributed by atoms with Crippen molar-refractivity contribution in [2.75, 3.05) is 4.90 Å². The van der Waals surface area contributed by atoms with E-state index in [4.69, 9.17) is 0 Å². The number of para-hydroxylation sites is 1. The maximum atomic E-state index is 13.3. The summed E-state index contributed by atoms with van der Waals surface area (Å²) in [5, 5.41) is 0. The van der Waals surface area contributed by atoms with E-state index in [0.29, 0.717) is 13.0 Å². The first kappa shape index (κ1) is 17.1. The number of fused-ring (bicyclic) bond motifs is 1. The number of carbonyl (C=O) groups is 3. The van der Waals surface area contributed by atoms with Crippen LogP contribution in [-0.2, 0) is 26.3 Å². The van der Waals surface area contributed by atoms with E-state index in [9.17, 15) is 14.4 Å². The highest BCUT2D eigenvalue weighted by atomic mass is 16.2. The fourth-order valence-corrected chi connectivity index (χ4v) is 3.59. The van der Waals surface area contributed by atoms with Gasteiger partial charge in [-0.25, -0.2) is 0 Å². The molecule has 1 aliphatic heterocycles. The average molecular weight is 335 g/mol. The number of hydrogen-bond donors (Lipinski definition) is 0. The Morgan fingerprint density at radius 3 is 2.44 bits per heavy atom. The number of amides is 1. The molecule has 1 aliphatic rings. The Bertz CT molecular complexity index is 800. The Labute approximate surface area is 147 Å². The zero-order chi connectivity index (χ0) is 17.9. The van der Waals surface area contributed by atoms with Crippen LogP contribution >= 0.6 is 0 Å². The van der Waals surface area contributed by atoms with Crippen LogP contribution in [0.2, 0.25) is 0 Å². The lowest BCUT2D eigenvalue weighted by molar-refractivity contribution is -0.126. The Morgan fingerprint density at radius 1 is 1.08 bits per heavy atom. The molecule has 0 aliphatic carbocycles. The van der Waals surface area contributed by atoms with E-state index in [2.05, 4.69) is 0 Å². The molecular formula is C21H21NO3. The van der Waals surface area contributed by atoms with E-state index in [1.54, 1.807) is 4.90 Å². The standard InChI is InChI=1S/C21H21NO3/c1-16(24)11-12-21(13-14-23)18-9-5-6-10-19(18)22(20(21)25)15-17-7-3-2-4-8-17/h2-10,14H,11-13,15H2,1H3/t21-/m0/s1. The van der Waals surface area contributed by atoms with Gasteiger partial charge in [0, 0.05) is 18.5 Å². The van der Waals surface area contributed by atoms with Crippen molar-refractivity contribution in [2.24, 2.45) is 0 Å². The highest BCUT2D eigenvalue weighted by Crippen LogP contribution is 2.47. The van der Waals surface area contributed by atoms with Crippen LogP contribution in [0.3, 0.4) is 0 Å². The third-order valence-corrected chi connectivity index (χ3v) is 4.88. The van der Waals surface area contributed by atoms with Gasteiger partial charge >= 0.3 is 0 Å². The van der Waals surface area contributed by atoms with E-state index in [1.807, 2.05) is 54.6 Å². The smallest absolute Gasteiger partial charge is 0.238 e. The van der Waals surface area contributed by atoms with Crippen LogP contribution in [0.1, 0.15) is 37.3 Å². The molecule has 3 rings (SSSR count). The Kier molecular flexibility index (Phi) is 4.79. The molecule has 4 nitrogen and oxygen atoms in total. The van der Waals surface area contributed by atoms with Crippen molar-refractivity contribution in [2.45, 2.75) is 38.1 Å². The zero-order valence-corrected chi connectivity index (χ0v) is 14.3. The summed E-state index contributed by atoms with van der Waals surface area (Å²) in [4.78, 5) is 38.0. The van der Waals surface area contributed by atoms with Crippen LogP contribution in [0.15, 0.2) is 54.6 Å². The van der Waals surface area contributed by atoms with Crippen LogP contribution in [0, 0.1) is 0 Å². The minimum atomic E-state index is -0.932. The Balaban J connectivity index is 2.03. The molecule has 0 radical (unpaired) electrons. The van der Waals surface area contributed by atoms with Crippen molar-refractivity contribution >= 4 is 23.7 Å². The Morgan fingerprint density at radius 2 is 1.76 bits per heavy atom. The van der Waals surface area contributed by atoms with Gasteiger partial charge in [0.05, 0.1) is 12.0 Å². The quantitative estimate of drug-likeness (QED) is 0.729. The number of hydrogen-bond acceptors (Lipinski definition) is 3. The van der Waals surface area contributed by atoms with Crippen LogP contribution in [-0.4, -0.2) is 18.0 Å². The predicted octanol–water partition coefficient (Wildman–Crippen LogP) is 3.43. The summed E-state index contributed by atoms with van der Waals surface area (Å²) >= 11 is 0. The molecule has 2 aromatic carbocycles. The third kappa shape index (κ3) is 3.12. The molecule has 0 N–H and O–H groups in total. The van der Waals surface area contributed by atoms with E-state index in [0.717, 1.165) is 23.1 Å². The van der Waals surface area contributed by atoms with Crippen LogP contribution in [0.5, 0.6) is 0 Å². The number of anilines is 1. The molecule has 1 heterocycles. The number of ketones is 1. The fourth-order valence-electron chi connectivity index (χ4n) is 3.59. The van der Waals surface area contributed by atoms with E-state index < -0.39 is 5.41 Å². The summed E-state index contributed by atoms with van der Waals surface area (Å²) in [6.45, 7) is 1.97. The Hall–Kier alpha value is -2.75. The lowest BCUT2D eigenvalue weighted by Gasteiger charge is -2.26. The van der Waals surface area contributed by atoms with Crippen molar-refractivity contribution in [3.8, 4) is 0 Å². The fraction of sp³-hybridized carbons (Fsp3) is 0.286. The summed E-state index contributed by atoms with van der Waals surface area (Å²) < 4.78 is 0. The summed E-state index contributed by atoms with van der Waals surface area (Å²) in [5.74, 6) is -0.0667. The van der Waals surface area contributed by atoms with Gasteiger partial charge in [-0.2, -0.15) is 0 Å². The number of rotatable bonds is 7. The normalized spacial score (nSPS) is 18.9. The molecule has 25 heavy (non-hydrogen) atoms. The largest absolute Gasteiger partial charge is 0.307 e. The van der Waals surface area contributed by atoms with Crippen LogP contribution in [0.4, 0.5) is 5.69 Å². The van der Waals surface area contributed by atoms with Crippen molar-refractivity contribution < 1.29 is 14.4 Å². The van der Waals surface area contributed by atoms with Crippen molar-refractivity contribution in [1.29, 1.82) is 0 Å². The molecule has 0 saturated carbocycles. The molecule has 2 aromatic rings. The second kappa shape index (κ2) is 7.01. The molecule has 1 amide bonds. The van der Waals surface area contributed by atoms with Gasteiger partial charge < -0.3 is 14.5 Å². The molecular weight excluding hydrogens is 314 g/mol. The number of nitrogens with zero attached hydrogens (tertiary/aromatic N) is 1. The minimum Gasteiger partial charge on any atom is -0.307 e. The molecule has 1 atom stereocenters. The zero-order valence-electron chi connectivity index (χ0n) is 14.3. The summed E-state index contributed by atoms with van der Waals surface area (Å²) in [5.41, 5.74) is 1.78. The number of Topliss-reactive ketones (excluding diaryl/α,β-unsaturated/α-hetero) is 1. The van der Waals surface area contributed by atoms with Gasteiger partial charge in [-0.05, 0) is 30.5 Å². The highest BCUT2D eigenvalue weighted by Gasteiger charge is 2.50. The molecule has 128 valence electrons. The van der Waals surface area contributed by atoms with E-state index >= 15 is 0 Å². The first-order chi connectivity index (χ1) is 12.1. The van der Waals surface area contributed by atoms with Crippen molar-refractivity contribution in [3.05, 3.63) is 65.7 Å². The molecule has 0 fully saturated rings. The molecule has 0 spiro atoms. The van der Waals surface area contributed by atoms with Crippen LogP contribution < -0.4 is 4.90 Å². The van der Waals surface area contributed by atoms with Gasteiger partial charge in [-0.1, -0.05) is 48.5 Å². The summed E-state index contributed by atoms with van der Waals surface area (Å²) in [6.07, 6.45) is 1.54. The maximum absolute atomic E-state index is 13.3. The van der Waals surface area contributed by atoms with E-state index in [-0.39, 0.29) is 24.5 Å². The van der Waals surface area contributed by atoms with Gasteiger partial charge in [0.15, 0.2) is 0 Å². The van der Waals surface area contributed by atoms with Gasteiger partial charge in [0.2, 0.25) is 5.91 Å². The first-order valence-electron chi connectivity index (χ1n) is 8.47. The lowest BCUT2D eigenvalue weighted by atomic mass is 9.75. The molecule has 0 saturated heterocycles. The van der Waals surface area contributed by atoms with Gasteiger partial charge in [-0.15, -0.1) is 0 Å². The molecule has 0 unspecified atom stereocenters. The number of benzene rings is 2. The first-order valence-corrected chi connectivity index (χ1v) is 8.47. The van der Waals surface area contributed by atoms with Gasteiger partial charge in [-0.3, -0.25) is 4.79 Å². The number of aldehydes is 1. The maximum Gasteiger partial charge on any atom is 0.238 e.